The van der Waals surface area contributed by atoms with E-state index in [0.29, 0.717) is 19.6 Å². The van der Waals surface area contributed by atoms with Crippen LogP contribution in [0, 0.1) is 0 Å². The normalized spacial score (nSPS) is 19.8. The van der Waals surface area contributed by atoms with E-state index in [1.165, 1.54) is 0 Å². The van der Waals surface area contributed by atoms with Crippen LogP contribution >= 0.6 is 0 Å². The number of para-hydroxylation sites is 1. The first-order chi connectivity index (χ1) is 11.7. The summed E-state index contributed by atoms with van der Waals surface area (Å²) in [7, 11) is 1.95. The van der Waals surface area contributed by atoms with E-state index >= 15 is 0 Å². The van der Waals surface area contributed by atoms with E-state index in [1.54, 1.807) is 6.26 Å². The molecule has 2 aliphatic rings. The third-order valence-electron chi connectivity index (χ3n) is 3.89. The zero-order chi connectivity index (χ0) is 16.9. The number of aliphatic imine (C=N–C) groups is 1. The maximum absolute atomic E-state index is 12.1. The molecule has 2 heterocycles. The van der Waals surface area contributed by atoms with Gasteiger partial charge in [0, 0.05) is 30.9 Å². The Morgan fingerprint density at radius 1 is 1.46 bits per heavy atom. The van der Waals surface area contributed by atoms with E-state index in [9.17, 15) is 4.79 Å². The second-order valence-electron chi connectivity index (χ2n) is 5.68. The first-order valence-corrected chi connectivity index (χ1v) is 8.09. The Hall–Kier alpha value is -2.60. The molecule has 1 aromatic rings. The Kier molecular flexibility index (Phi) is 4.96. The molecule has 24 heavy (non-hydrogen) atoms. The van der Waals surface area contributed by atoms with Gasteiger partial charge in [-0.25, -0.2) is 4.99 Å². The molecule has 6 heteroatoms. The highest BCUT2D eigenvalue weighted by Crippen LogP contribution is 2.28. The van der Waals surface area contributed by atoms with Crippen molar-refractivity contribution >= 4 is 17.3 Å². The molecule has 1 amide bonds. The topological polar surface area (TPSA) is 66.0 Å². The molecule has 2 aliphatic heterocycles. The first kappa shape index (κ1) is 16.3. The molecule has 1 aromatic carbocycles. The van der Waals surface area contributed by atoms with E-state index in [0.717, 1.165) is 22.5 Å². The minimum atomic E-state index is -0.184. The molecule has 126 valence electrons. The number of hydrogen-bond donors (Lipinski definition) is 2. The van der Waals surface area contributed by atoms with Gasteiger partial charge >= 0.3 is 0 Å². The van der Waals surface area contributed by atoms with Crippen molar-refractivity contribution in [3.8, 4) is 0 Å². The fourth-order valence-electron chi connectivity index (χ4n) is 2.79. The van der Waals surface area contributed by atoms with Crippen molar-refractivity contribution in [1.82, 2.24) is 10.2 Å². The van der Waals surface area contributed by atoms with Crippen LogP contribution in [0.2, 0.25) is 0 Å². The maximum atomic E-state index is 12.1. The SMILES string of the molecule is CCO/C=C/CNC1N=C2C(=CN1C)CC(=O)Nc1ccccc12. The number of rotatable bonds is 5. The second kappa shape index (κ2) is 7.31. The number of fused-ring (bicyclic) bond motifs is 3. The molecule has 0 radical (unpaired) electrons. The van der Waals surface area contributed by atoms with Crippen LogP contribution < -0.4 is 10.6 Å². The average Bonchev–Trinajstić information content (AvgIpc) is 2.70. The highest BCUT2D eigenvalue weighted by atomic mass is 16.5. The zero-order valence-corrected chi connectivity index (χ0v) is 14.0. The largest absolute Gasteiger partial charge is 0.502 e. The molecule has 2 N–H and O–H groups in total. The van der Waals surface area contributed by atoms with Gasteiger partial charge in [-0.05, 0) is 19.1 Å². The zero-order valence-electron chi connectivity index (χ0n) is 14.0. The Morgan fingerprint density at radius 3 is 3.12 bits per heavy atom. The van der Waals surface area contributed by atoms with Crippen molar-refractivity contribution in [3.05, 3.63) is 53.9 Å². The minimum Gasteiger partial charge on any atom is -0.502 e. The van der Waals surface area contributed by atoms with Crippen LogP contribution in [0.4, 0.5) is 5.69 Å². The average molecular weight is 326 g/mol. The Labute approximate surface area is 141 Å². The van der Waals surface area contributed by atoms with Crippen LogP contribution in [0.3, 0.4) is 0 Å². The van der Waals surface area contributed by atoms with E-state index in [4.69, 9.17) is 9.73 Å². The van der Waals surface area contributed by atoms with E-state index < -0.39 is 0 Å². The van der Waals surface area contributed by atoms with E-state index in [1.807, 2.05) is 55.4 Å². The predicted octanol–water partition coefficient (Wildman–Crippen LogP) is 2.07. The summed E-state index contributed by atoms with van der Waals surface area (Å²) in [6.45, 7) is 3.25. The van der Waals surface area contributed by atoms with Gasteiger partial charge in [0.05, 0.1) is 30.7 Å². The van der Waals surface area contributed by atoms with Crippen LogP contribution in [-0.4, -0.2) is 43.0 Å². The molecule has 0 saturated heterocycles. The Bertz CT molecular complexity index is 709. The molecular formula is C18H22N4O2. The summed E-state index contributed by atoms with van der Waals surface area (Å²) in [5, 5.41) is 6.29. The highest BCUT2D eigenvalue weighted by molar-refractivity contribution is 6.21. The van der Waals surface area contributed by atoms with Gasteiger partial charge in [0.2, 0.25) is 5.91 Å². The van der Waals surface area contributed by atoms with Gasteiger partial charge in [-0.3, -0.25) is 10.1 Å². The molecule has 3 rings (SSSR count). The van der Waals surface area contributed by atoms with Gasteiger partial charge in [0.15, 0.2) is 6.29 Å². The van der Waals surface area contributed by atoms with Crippen molar-refractivity contribution in [3.63, 3.8) is 0 Å². The second-order valence-corrected chi connectivity index (χ2v) is 5.68. The van der Waals surface area contributed by atoms with Crippen molar-refractivity contribution in [2.75, 3.05) is 25.5 Å². The van der Waals surface area contributed by atoms with Gasteiger partial charge in [-0.1, -0.05) is 18.2 Å². The fraction of sp³-hybridized carbons (Fsp3) is 0.333. The number of carbonyl (C=O) groups excluding carboxylic acids is 1. The van der Waals surface area contributed by atoms with Crippen LogP contribution in [0.25, 0.3) is 0 Å². The number of nitrogens with one attached hydrogen (secondary N) is 2. The lowest BCUT2D eigenvalue weighted by Crippen LogP contribution is -2.43. The summed E-state index contributed by atoms with van der Waals surface area (Å²) in [6.07, 6.45) is 5.75. The molecule has 6 nitrogen and oxygen atoms in total. The lowest BCUT2D eigenvalue weighted by Gasteiger charge is -2.30. The standard InChI is InChI=1S/C18H22N4O2/c1-3-24-10-6-9-19-18-21-17-13(12-22(18)2)11-16(23)20-15-8-5-4-7-14(15)17/h4-8,10,12,18-19H,3,9,11H2,1-2H3,(H,20,23)/b10-6+. The number of carbonyl (C=O) groups is 1. The third kappa shape index (κ3) is 3.49. The van der Waals surface area contributed by atoms with Crippen LogP contribution in [0.1, 0.15) is 18.9 Å². The van der Waals surface area contributed by atoms with Gasteiger partial charge in [-0.15, -0.1) is 0 Å². The number of nitrogens with zero attached hydrogens (tertiary/aromatic N) is 2. The molecule has 0 bridgehead atoms. The minimum absolute atomic E-state index is 0.0154. The van der Waals surface area contributed by atoms with Crippen LogP contribution in [-0.2, 0) is 9.53 Å². The van der Waals surface area contributed by atoms with E-state index in [-0.39, 0.29) is 12.2 Å². The Balaban J connectivity index is 1.84. The smallest absolute Gasteiger partial charge is 0.228 e. The summed E-state index contributed by atoms with van der Waals surface area (Å²) in [5.74, 6) is -0.0154. The number of anilines is 1. The van der Waals surface area contributed by atoms with Crippen molar-refractivity contribution in [1.29, 1.82) is 0 Å². The summed E-state index contributed by atoms with van der Waals surface area (Å²) in [6, 6.07) is 7.77. The van der Waals surface area contributed by atoms with E-state index in [2.05, 4.69) is 10.6 Å². The molecule has 0 aliphatic carbocycles. The molecule has 0 saturated carbocycles. The molecular weight excluding hydrogens is 304 g/mol. The lowest BCUT2D eigenvalue weighted by molar-refractivity contribution is -0.115. The lowest BCUT2D eigenvalue weighted by atomic mass is 9.99. The fourth-order valence-corrected chi connectivity index (χ4v) is 2.79. The monoisotopic (exact) mass is 326 g/mol. The first-order valence-electron chi connectivity index (χ1n) is 8.09. The number of ether oxygens (including phenoxy) is 1. The highest BCUT2D eigenvalue weighted by Gasteiger charge is 2.27. The summed E-state index contributed by atoms with van der Waals surface area (Å²) < 4.78 is 5.18. The van der Waals surface area contributed by atoms with Crippen LogP contribution in [0.15, 0.2) is 53.4 Å². The third-order valence-corrected chi connectivity index (χ3v) is 3.89. The predicted molar refractivity (Wildman–Crippen MR) is 94.6 cm³/mol. The number of benzene rings is 1. The van der Waals surface area contributed by atoms with Crippen LogP contribution in [0.5, 0.6) is 0 Å². The molecule has 0 aromatic heterocycles. The van der Waals surface area contributed by atoms with Gasteiger partial charge in [0.1, 0.15) is 0 Å². The number of hydrogen-bond acceptors (Lipinski definition) is 5. The summed E-state index contributed by atoms with van der Waals surface area (Å²) in [5.41, 5.74) is 3.57. The molecule has 0 fully saturated rings. The summed E-state index contributed by atoms with van der Waals surface area (Å²) >= 11 is 0. The van der Waals surface area contributed by atoms with Crippen molar-refractivity contribution < 1.29 is 9.53 Å². The number of amides is 1. The van der Waals surface area contributed by atoms with Crippen molar-refractivity contribution in [2.45, 2.75) is 19.6 Å². The molecule has 0 spiro atoms. The van der Waals surface area contributed by atoms with Gasteiger partial charge in [0.25, 0.3) is 0 Å². The molecule has 1 unspecified atom stereocenters. The molecule has 1 atom stereocenters. The van der Waals surface area contributed by atoms with Gasteiger partial charge < -0.3 is 15.0 Å². The van der Waals surface area contributed by atoms with Gasteiger partial charge in [-0.2, -0.15) is 0 Å². The quantitative estimate of drug-likeness (QED) is 0.813. The van der Waals surface area contributed by atoms with Crippen molar-refractivity contribution in [2.24, 2.45) is 4.99 Å². The maximum Gasteiger partial charge on any atom is 0.228 e. The Morgan fingerprint density at radius 2 is 2.29 bits per heavy atom. The summed E-state index contributed by atoms with van der Waals surface area (Å²) in [4.78, 5) is 18.9.